The van der Waals surface area contributed by atoms with E-state index in [1.54, 1.807) is 6.92 Å². The molecule has 0 fully saturated rings. The molecule has 1 unspecified atom stereocenters. The molecule has 4 heteroatoms. The van der Waals surface area contributed by atoms with Gasteiger partial charge in [0.2, 0.25) is 0 Å². The van der Waals surface area contributed by atoms with Gasteiger partial charge < -0.3 is 10.2 Å². The summed E-state index contributed by atoms with van der Waals surface area (Å²) in [6.45, 7) is 14.0. The topological polar surface area (TPSA) is 57.5 Å². The third-order valence-corrected chi connectivity index (χ3v) is 4.56. The molecule has 1 aromatic rings. The van der Waals surface area contributed by atoms with E-state index < -0.39 is 10.7 Å². The van der Waals surface area contributed by atoms with Gasteiger partial charge in [-0.3, -0.25) is 4.79 Å². The van der Waals surface area contributed by atoms with Crippen molar-refractivity contribution in [1.82, 2.24) is 0 Å². The number of carboxylic acid groups (broad SMARTS) is 1. The van der Waals surface area contributed by atoms with E-state index in [1.807, 2.05) is 12.1 Å². The minimum absolute atomic E-state index is 0.183. The van der Waals surface area contributed by atoms with Crippen molar-refractivity contribution in [3.8, 4) is 5.75 Å². The fraction of sp³-hybridized carbons (Fsp3) is 0.632. The van der Waals surface area contributed by atoms with Gasteiger partial charge in [0, 0.05) is 0 Å². The number of thiol groups is 1. The largest absolute Gasteiger partial charge is 0.507 e. The quantitative estimate of drug-likeness (QED) is 0.698. The summed E-state index contributed by atoms with van der Waals surface area (Å²) < 4.78 is -1.05. The summed E-state index contributed by atoms with van der Waals surface area (Å²) in [6, 6.07) is 3.99. The Kier molecular flexibility index (Phi) is 5.52. The Morgan fingerprint density at radius 3 is 1.70 bits per heavy atom. The lowest BCUT2D eigenvalue weighted by Gasteiger charge is -2.28. The number of hydrogen-bond acceptors (Lipinski definition) is 3. The van der Waals surface area contributed by atoms with Crippen molar-refractivity contribution >= 4 is 18.6 Å². The maximum atomic E-state index is 11.2. The minimum atomic E-state index is -1.05. The van der Waals surface area contributed by atoms with Gasteiger partial charge >= 0.3 is 5.97 Å². The van der Waals surface area contributed by atoms with Crippen molar-refractivity contribution in [1.29, 1.82) is 0 Å². The number of phenolic OH excluding ortho intramolecular Hbond substituents is 1. The molecule has 0 aliphatic rings. The van der Waals surface area contributed by atoms with Crippen molar-refractivity contribution in [2.75, 3.05) is 0 Å². The Labute approximate surface area is 145 Å². The first kappa shape index (κ1) is 19.9. The molecule has 0 spiro atoms. The maximum Gasteiger partial charge on any atom is 0.319 e. The number of aromatic hydroxyl groups is 1. The zero-order valence-electron chi connectivity index (χ0n) is 15.3. The van der Waals surface area contributed by atoms with E-state index in [9.17, 15) is 15.0 Å². The highest BCUT2D eigenvalue weighted by Crippen LogP contribution is 2.40. The molecule has 0 saturated heterocycles. The van der Waals surface area contributed by atoms with Gasteiger partial charge in [-0.1, -0.05) is 53.7 Å². The van der Waals surface area contributed by atoms with Gasteiger partial charge in [-0.2, -0.15) is 12.6 Å². The molecular formula is C19H30O3S. The average Bonchev–Trinajstić information content (AvgIpc) is 2.34. The van der Waals surface area contributed by atoms with Gasteiger partial charge in [0.15, 0.2) is 0 Å². The number of aliphatic carboxylic acids is 1. The minimum Gasteiger partial charge on any atom is -0.507 e. The second-order valence-corrected chi connectivity index (χ2v) is 9.61. The SMILES string of the molecule is CC(S)(CCc1cc(C(C)(C)C)c(O)c(C(C)(C)C)c1)C(=O)O. The maximum absolute atomic E-state index is 11.2. The number of carbonyl (C=O) groups is 1. The second-order valence-electron chi connectivity index (χ2n) is 8.62. The van der Waals surface area contributed by atoms with Gasteiger partial charge in [0.25, 0.3) is 0 Å². The van der Waals surface area contributed by atoms with E-state index >= 15 is 0 Å². The van der Waals surface area contributed by atoms with Gasteiger partial charge in [-0.15, -0.1) is 0 Å². The van der Waals surface area contributed by atoms with Crippen LogP contribution < -0.4 is 0 Å². The summed E-state index contributed by atoms with van der Waals surface area (Å²) in [5, 5.41) is 19.9. The van der Waals surface area contributed by atoms with E-state index in [0.29, 0.717) is 18.6 Å². The predicted octanol–water partition coefficient (Wildman–Crippen LogP) is 4.69. The molecule has 0 amide bonds. The van der Waals surface area contributed by atoms with Crippen LogP contribution in [0.1, 0.15) is 71.6 Å². The van der Waals surface area contributed by atoms with E-state index in [1.165, 1.54) is 0 Å². The highest BCUT2D eigenvalue weighted by atomic mass is 32.1. The van der Waals surface area contributed by atoms with Crippen LogP contribution >= 0.6 is 12.6 Å². The van der Waals surface area contributed by atoms with E-state index in [0.717, 1.165) is 16.7 Å². The Balaban J connectivity index is 3.32. The van der Waals surface area contributed by atoms with Crippen LogP contribution in [-0.4, -0.2) is 20.9 Å². The first-order valence-electron chi connectivity index (χ1n) is 7.99. The zero-order chi connectivity index (χ0) is 18.2. The van der Waals surface area contributed by atoms with Crippen LogP contribution in [0.3, 0.4) is 0 Å². The lowest BCUT2D eigenvalue weighted by molar-refractivity contribution is -0.139. The molecule has 3 nitrogen and oxygen atoms in total. The van der Waals surface area contributed by atoms with Crippen LogP contribution in [0.4, 0.5) is 0 Å². The smallest absolute Gasteiger partial charge is 0.319 e. The van der Waals surface area contributed by atoms with Crippen LogP contribution in [0.15, 0.2) is 12.1 Å². The van der Waals surface area contributed by atoms with Crippen molar-refractivity contribution in [3.63, 3.8) is 0 Å². The van der Waals surface area contributed by atoms with Crippen LogP contribution in [0.5, 0.6) is 5.75 Å². The molecule has 0 saturated carbocycles. The van der Waals surface area contributed by atoms with E-state index in [2.05, 4.69) is 54.2 Å². The molecule has 1 aromatic carbocycles. The zero-order valence-corrected chi connectivity index (χ0v) is 16.2. The molecule has 130 valence electrons. The lowest BCUT2D eigenvalue weighted by atomic mass is 9.78. The average molecular weight is 339 g/mol. The number of hydrogen-bond donors (Lipinski definition) is 3. The van der Waals surface area contributed by atoms with Crippen molar-refractivity contribution in [2.45, 2.75) is 76.9 Å². The van der Waals surface area contributed by atoms with E-state index in [-0.39, 0.29) is 10.8 Å². The Hall–Kier alpha value is -1.16. The molecule has 0 heterocycles. The molecule has 23 heavy (non-hydrogen) atoms. The highest BCUT2D eigenvalue weighted by molar-refractivity contribution is 7.82. The highest BCUT2D eigenvalue weighted by Gasteiger charge is 2.30. The van der Waals surface area contributed by atoms with Gasteiger partial charge in [-0.05, 0) is 47.3 Å². The Morgan fingerprint density at radius 2 is 1.39 bits per heavy atom. The summed E-state index contributed by atoms with van der Waals surface area (Å²) in [7, 11) is 0. The third kappa shape index (κ3) is 4.90. The number of benzene rings is 1. The molecule has 0 aromatic heterocycles. The summed E-state index contributed by atoms with van der Waals surface area (Å²) in [6.07, 6.45) is 1.04. The van der Waals surface area contributed by atoms with Crippen LogP contribution in [0.2, 0.25) is 0 Å². The third-order valence-electron chi connectivity index (χ3n) is 4.15. The molecule has 0 bridgehead atoms. The molecule has 0 radical (unpaired) electrons. The molecule has 1 rings (SSSR count). The van der Waals surface area contributed by atoms with Gasteiger partial charge in [-0.25, -0.2) is 0 Å². The number of phenols is 1. The fourth-order valence-corrected chi connectivity index (χ4v) is 2.59. The molecular weight excluding hydrogens is 308 g/mol. The molecule has 1 atom stereocenters. The summed E-state index contributed by atoms with van der Waals surface area (Å²) >= 11 is 4.25. The molecule has 2 N–H and O–H groups in total. The Morgan fingerprint density at radius 1 is 1.00 bits per heavy atom. The standard InChI is InChI=1S/C19H30O3S/c1-17(2,3)13-10-12(8-9-19(7,23)16(21)22)11-14(15(13)20)18(4,5)6/h10-11,20,23H,8-9H2,1-7H3,(H,21,22). The van der Waals surface area contributed by atoms with Crippen LogP contribution in [0, 0.1) is 0 Å². The molecule has 0 aliphatic carbocycles. The normalized spacial score (nSPS) is 15.3. The number of aryl methyl sites for hydroxylation is 1. The predicted molar refractivity (Wildman–Crippen MR) is 98.9 cm³/mol. The van der Waals surface area contributed by atoms with Crippen LogP contribution in [0.25, 0.3) is 0 Å². The second kappa shape index (κ2) is 6.39. The summed E-state index contributed by atoms with van der Waals surface area (Å²) in [4.78, 5) is 11.2. The Bertz CT molecular complexity index is 555. The van der Waals surface area contributed by atoms with Gasteiger partial charge in [0.1, 0.15) is 10.5 Å². The van der Waals surface area contributed by atoms with E-state index in [4.69, 9.17) is 0 Å². The van der Waals surface area contributed by atoms with Crippen LogP contribution in [-0.2, 0) is 22.0 Å². The fourth-order valence-electron chi connectivity index (χ4n) is 2.48. The monoisotopic (exact) mass is 338 g/mol. The summed E-state index contributed by atoms with van der Waals surface area (Å²) in [5.74, 6) is -0.563. The first-order valence-corrected chi connectivity index (χ1v) is 8.43. The van der Waals surface area contributed by atoms with Crippen molar-refractivity contribution in [3.05, 3.63) is 28.8 Å². The van der Waals surface area contributed by atoms with Gasteiger partial charge in [0.05, 0.1) is 0 Å². The first-order chi connectivity index (χ1) is 10.2. The van der Waals surface area contributed by atoms with Crippen molar-refractivity contribution in [2.24, 2.45) is 0 Å². The number of carboxylic acids is 1. The molecule has 0 aliphatic heterocycles. The summed E-state index contributed by atoms with van der Waals surface area (Å²) in [5.41, 5.74) is 2.47. The number of rotatable bonds is 4. The van der Waals surface area contributed by atoms with Crippen molar-refractivity contribution < 1.29 is 15.0 Å². The lowest BCUT2D eigenvalue weighted by Crippen LogP contribution is -2.29.